The Balaban J connectivity index is 2.07. The second kappa shape index (κ2) is 5.60. The van der Waals surface area contributed by atoms with Gasteiger partial charge in [0.1, 0.15) is 5.60 Å². The molecule has 22 heavy (non-hydrogen) atoms. The number of allylic oxidation sites excluding steroid dienone is 1. The molecule has 2 atom stereocenters. The van der Waals surface area contributed by atoms with E-state index in [1.54, 1.807) is 0 Å². The second-order valence-electron chi connectivity index (χ2n) is 5.47. The zero-order valence-corrected chi connectivity index (χ0v) is 13.4. The Bertz CT molecular complexity index is 762. The number of nitrogens with two attached hydrogens (primary N) is 1. The zero-order chi connectivity index (χ0) is 15.7. The average molecular weight is 355 g/mol. The van der Waals surface area contributed by atoms with Gasteiger partial charge in [-0.15, -0.1) is 0 Å². The molecule has 0 saturated carbocycles. The van der Waals surface area contributed by atoms with Crippen molar-refractivity contribution in [3.63, 3.8) is 0 Å². The Hall–Kier alpha value is -2.09. The molecule has 2 aromatic rings. The van der Waals surface area contributed by atoms with Crippen LogP contribution in [0.25, 0.3) is 0 Å². The van der Waals surface area contributed by atoms with E-state index >= 15 is 0 Å². The molecule has 3 nitrogen and oxygen atoms in total. The predicted octanol–water partition coefficient (Wildman–Crippen LogP) is 3.56. The third-order valence-corrected chi connectivity index (χ3v) is 4.76. The van der Waals surface area contributed by atoms with Gasteiger partial charge in [-0.05, 0) is 29.7 Å². The molecule has 0 aliphatic heterocycles. The Kier molecular flexibility index (Phi) is 3.78. The topological polar surface area (TPSA) is 70.0 Å². The van der Waals surface area contributed by atoms with Crippen LogP contribution in [0, 0.1) is 11.3 Å². The lowest BCUT2D eigenvalue weighted by atomic mass is 9.86. The summed E-state index contributed by atoms with van der Waals surface area (Å²) in [6.07, 6.45) is 0.382. The van der Waals surface area contributed by atoms with E-state index in [4.69, 9.17) is 5.73 Å². The van der Waals surface area contributed by atoms with Crippen LogP contribution >= 0.6 is 15.9 Å². The van der Waals surface area contributed by atoms with Crippen LogP contribution in [0.2, 0.25) is 0 Å². The summed E-state index contributed by atoms with van der Waals surface area (Å²) in [7, 11) is 0. The summed E-state index contributed by atoms with van der Waals surface area (Å²) >= 11 is 3.41. The van der Waals surface area contributed by atoms with Crippen LogP contribution in [0.4, 0.5) is 0 Å². The Morgan fingerprint density at radius 2 is 1.77 bits per heavy atom. The van der Waals surface area contributed by atoms with E-state index in [1.165, 1.54) is 0 Å². The number of hydrogen-bond donors (Lipinski definition) is 2. The molecule has 2 aromatic carbocycles. The summed E-state index contributed by atoms with van der Waals surface area (Å²) < 4.78 is 0.975. The highest BCUT2D eigenvalue weighted by Crippen LogP contribution is 2.48. The number of halogens is 1. The van der Waals surface area contributed by atoms with Gasteiger partial charge in [0.15, 0.2) is 0 Å². The van der Waals surface area contributed by atoms with E-state index in [2.05, 4.69) is 22.0 Å². The van der Waals surface area contributed by atoms with Gasteiger partial charge in [-0.1, -0.05) is 58.4 Å². The van der Waals surface area contributed by atoms with Gasteiger partial charge >= 0.3 is 0 Å². The lowest BCUT2D eigenvalue weighted by Gasteiger charge is -2.25. The molecule has 3 N–H and O–H groups in total. The fraction of sp³-hybridized carbons (Fsp3) is 0.167. The van der Waals surface area contributed by atoms with E-state index in [0.717, 1.165) is 15.6 Å². The molecule has 0 amide bonds. The van der Waals surface area contributed by atoms with Crippen molar-refractivity contribution in [2.45, 2.75) is 17.9 Å². The van der Waals surface area contributed by atoms with Gasteiger partial charge in [-0.2, -0.15) is 5.26 Å². The van der Waals surface area contributed by atoms with Crippen molar-refractivity contribution in [3.05, 3.63) is 81.5 Å². The van der Waals surface area contributed by atoms with Gasteiger partial charge in [0.05, 0.1) is 17.3 Å². The smallest absolute Gasteiger partial charge is 0.131 e. The quantitative estimate of drug-likeness (QED) is 0.865. The van der Waals surface area contributed by atoms with Gasteiger partial charge in [0, 0.05) is 10.4 Å². The van der Waals surface area contributed by atoms with Crippen LogP contribution in [0.3, 0.4) is 0 Å². The lowest BCUT2D eigenvalue weighted by Crippen LogP contribution is -2.29. The number of hydrogen-bond acceptors (Lipinski definition) is 3. The number of nitriles is 1. The van der Waals surface area contributed by atoms with Crippen molar-refractivity contribution < 1.29 is 5.11 Å². The maximum absolute atomic E-state index is 11.1. The maximum Gasteiger partial charge on any atom is 0.131 e. The third-order valence-electron chi connectivity index (χ3n) is 4.23. The van der Waals surface area contributed by atoms with Gasteiger partial charge in [0.25, 0.3) is 0 Å². The predicted molar refractivity (Wildman–Crippen MR) is 88.7 cm³/mol. The number of benzene rings is 2. The molecule has 4 heteroatoms. The summed E-state index contributed by atoms with van der Waals surface area (Å²) in [4.78, 5) is 0. The molecule has 0 saturated heterocycles. The Morgan fingerprint density at radius 1 is 1.14 bits per heavy atom. The highest BCUT2D eigenvalue weighted by atomic mass is 79.9. The van der Waals surface area contributed by atoms with Gasteiger partial charge in [0.2, 0.25) is 0 Å². The summed E-state index contributed by atoms with van der Waals surface area (Å²) in [5.41, 5.74) is 7.28. The summed E-state index contributed by atoms with van der Waals surface area (Å²) in [5.74, 6) is -0.191. The fourth-order valence-corrected chi connectivity index (χ4v) is 3.29. The minimum absolute atomic E-state index is 0.191. The van der Waals surface area contributed by atoms with Crippen molar-refractivity contribution in [2.75, 3.05) is 0 Å². The highest BCUT2D eigenvalue weighted by Gasteiger charge is 2.45. The molecule has 0 bridgehead atoms. The summed E-state index contributed by atoms with van der Waals surface area (Å²) in [5, 5.41) is 20.6. The van der Waals surface area contributed by atoms with Gasteiger partial charge in [-0.25, -0.2) is 0 Å². The van der Waals surface area contributed by atoms with Crippen LogP contribution < -0.4 is 5.73 Å². The molecule has 0 heterocycles. The summed E-state index contributed by atoms with van der Waals surface area (Å²) in [6.45, 7) is 0. The number of nitrogens with zero attached hydrogens (tertiary/aromatic N) is 1. The molecule has 110 valence electrons. The SMILES string of the molecule is N#CC1=C(N)[C@@](O)(c2ccccc2)C[C@@H]1c1ccc(Br)cc1. The maximum atomic E-state index is 11.1. The molecule has 0 unspecified atom stereocenters. The third kappa shape index (κ3) is 2.33. The Labute approximate surface area is 137 Å². The van der Waals surface area contributed by atoms with Crippen LogP contribution in [0.1, 0.15) is 23.5 Å². The van der Waals surface area contributed by atoms with Crippen LogP contribution in [0.5, 0.6) is 0 Å². The van der Waals surface area contributed by atoms with Crippen LogP contribution in [0.15, 0.2) is 70.3 Å². The van der Waals surface area contributed by atoms with Crippen LogP contribution in [-0.2, 0) is 5.60 Å². The molecule has 0 aromatic heterocycles. The van der Waals surface area contributed by atoms with E-state index in [9.17, 15) is 10.4 Å². The summed E-state index contributed by atoms with van der Waals surface area (Å²) in [6, 6.07) is 19.2. The van der Waals surface area contributed by atoms with Crippen molar-refractivity contribution in [2.24, 2.45) is 5.73 Å². The number of rotatable bonds is 2. The molecule has 3 rings (SSSR count). The monoisotopic (exact) mass is 354 g/mol. The van der Waals surface area contributed by atoms with Crippen molar-refractivity contribution in [3.8, 4) is 6.07 Å². The first-order valence-corrected chi connectivity index (χ1v) is 7.79. The van der Waals surface area contributed by atoms with Crippen LogP contribution in [-0.4, -0.2) is 5.11 Å². The molecule has 0 fully saturated rings. The highest BCUT2D eigenvalue weighted by molar-refractivity contribution is 9.10. The van der Waals surface area contributed by atoms with E-state index < -0.39 is 5.60 Å². The minimum Gasteiger partial charge on any atom is -0.399 e. The molecule has 0 spiro atoms. The molecule has 1 aliphatic rings. The van der Waals surface area contributed by atoms with E-state index in [0.29, 0.717) is 12.0 Å². The first kappa shape index (κ1) is 14.8. The number of aliphatic hydroxyl groups is 1. The first-order valence-electron chi connectivity index (χ1n) is 7.00. The molecular formula is C18H15BrN2O. The van der Waals surface area contributed by atoms with Crippen molar-refractivity contribution >= 4 is 15.9 Å². The van der Waals surface area contributed by atoms with Gasteiger partial charge < -0.3 is 10.8 Å². The second-order valence-corrected chi connectivity index (χ2v) is 6.39. The molecule has 1 aliphatic carbocycles. The Morgan fingerprint density at radius 3 is 2.36 bits per heavy atom. The van der Waals surface area contributed by atoms with Crippen molar-refractivity contribution in [1.29, 1.82) is 5.26 Å². The molecular weight excluding hydrogens is 340 g/mol. The van der Waals surface area contributed by atoms with Gasteiger partial charge in [-0.3, -0.25) is 0 Å². The standard InChI is InChI=1S/C18H15BrN2O/c19-14-8-6-12(7-9-14)15-10-18(22,17(21)16(15)11-20)13-4-2-1-3-5-13/h1-9,15,22H,10,21H2/t15-,18+/m1/s1. The lowest BCUT2D eigenvalue weighted by molar-refractivity contribution is 0.0724. The molecule has 0 radical (unpaired) electrons. The normalized spacial score (nSPS) is 24.3. The van der Waals surface area contributed by atoms with Crippen molar-refractivity contribution in [1.82, 2.24) is 0 Å². The largest absolute Gasteiger partial charge is 0.399 e. The minimum atomic E-state index is -1.29. The average Bonchev–Trinajstić information content (AvgIpc) is 2.81. The first-order chi connectivity index (χ1) is 10.6. The van der Waals surface area contributed by atoms with E-state index in [1.807, 2.05) is 54.6 Å². The fourth-order valence-electron chi connectivity index (χ4n) is 3.02. The van der Waals surface area contributed by atoms with E-state index in [-0.39, 0.29) is 11.6 Å². The zero-order valence-electron chi connectivity index (χ0n) is 11.8.